The van der Waals surface area contributed by atoms with Crippen molar-refractivity contribution in [3.8, 4) is 11.5 Å². The minimum absolute atomic E-state index is 0.220. The summed E-state index contributed by atoms with van der Waals surface area (Å²) in [6.07, 6.45) is 2.41. The zero-order valence-electron chi connectivity index (χ0n) is 13.5. The summed E-state index contributed by atoms with van der Waals surface area (Å²) in [5.74, 6) is 2.05. The minimum Gasteiger partial charge on any atom is -0.454 e. The number of aliphatic imine (C=N–C) groups is 1. The van der Waals surface area contributed by atoms with Crippen LogP contribution >= 0.6 is 23.5 Å². The number of guanidine groups is 1. The van der Waals surface area contributed by atoms with Gasteiger partial charge in [0.25, 0.3) is 0 Å². The Morgan fingerprint density at radius 2 is 2.08 bits per heavy atom. The van der Waals surface area contributed by atoms with Gasteiger partial charge in [0.1, 0.15) is 5.75 Å². The van der Waals surface area contributed by atoms with Crippen LogP contribution in [0.3, 0.4) is 0 Å². The molecular formula is C18H18ClN3O2S. The van der Waals surface area contributed by atoms with Crippen LogP contribution in [0.5, 0.6) is 11.5 Å². The lowest BCUT2D eigenvalue weighted by Crippen LogP contribution is -2.30. The second-order valence-corrected chi connectivity index (χ2v) is 7.07. The molecule has 2 heterocycles. The number of para-hydroxylation sites is 2. The molecule has 1 saturated heterocycles. The van der Waals surface area contributed by atoms with Gasteiger partial charge in [-0.05, 0) is 49.1 Å². The van der Waals surface area contributed by atoms with Crippen LogP contribution in [-0.2, 0) is 4.74 Å². The highest BCUT2D eigenvalue weighted by atomic mass is 35.5. The van der Waals surface area contributed by atoms with Crippen molar-refractivity contribution in [2.45, 2.75) is 23.8 Å². The molecule has 0 aliphatic carbocycles. The van der Waals surface area contributed by atoms with E-state index in [1.807, 2.05) is 42.5 Å². The molecule has 2 aliphatic rings. The van der Waals surface area contributed by atoms with Crippen molar-refractivity contribution in [2.75, 3.05) is 18.5 Å². The molecule has 2 aliphatic heterocycles. The van der Waals surface area contributed by atoms with E-state index in [4.69, 9.17) is 21.1 Å². The number of nitrogens with one attached hydrogen (secondary N) is 2. The van der Waals surface area contributed by atoms with E-state index >= 15 is 0 Å². The largest absolute Gasteiger partial charge is 0.454 e. The predicted molar refractivity (Wildman–Crippen MR) is 102 cm³/mol. The lowest BCUT2D eigenvalue weighted by molar-refractivity contribution is 0.118. The van der Waals surface area contributed by atoms with Gasteiger partial charge in [-0.15, -0.1) is 0 Å². The Hall–Kier alpha value is -1.89. The summed E-state index contributed by atoms with van der Waals surface area (Å²) in [5, 5.41) is 3.90. The van der Waals surface area contributed by atoms with Gasteiger partial charge in [0, 0.05) is 6.61 Å². The zero-order valence-corrected chi connectivity index (χ0v) is 15.1. The summed E-state index contributed by atoms with van der Waals surface area (Å²) in [4.78, 5) is 5.64. The van der Waals surface area contributed by atoms with Crippen LogP contribution in [0.25, 0.3) is 0 Å². The van der Waals surface area contributed by atoms with Gasteiger partial charge >= 0.3 is 0 Å². The molecule has 2 aromatic rings. The number of hydrogen-bond acceptors (Lipinski definition) is 4. The van der Waals surface area contributed by atoms with Gasteiger partial charge in [0.2, 0.25) is 5.96 Å². The highest BCUT2D eigenvalue weighted by Gasteiger charge is 2.20. The Kier molecular flexibility index (Phi) is 5.01. The third-order valence-electron chi connectivity index (χ3n) is 4.02. The fraction of sp³-hybridized carbons (Fsp3) is 0.278. The predicted octanol–water partition coefficient (Wildman–Crippen LogP) is 4.69. The molecule has 1 atom stereocenters. The van der Waals surface area contributed by atoms with Crippen molar-refractivity contribution in [3.05, 3.63) is 47.5 Å². The molecule has 1 unspecified atom stereocenters. The van der Waals surface area contributed by atoms with E-state index in [0.29, 0.717) is 29.0 Å². The summed E-state index contributed by atoms with van der Waals surface area (Å²) < 4.78 is 14.9. The number of fused-ring (bicyclic) bond motifs is 1. The van der Waals surface area contributed by atoms with Crippen LogP contribution in [0.4, 0.5) is 5.69 Å². The van der Waals surface area contributed by atoms with Crippen molar-refractivity contribution in [1.82, 2.24) is 4.72 Å². The second-order valence-electron chi connectivity index (χ2n) is 5.82. The smallest absolute Gasteiger partial charge is 0.206 e. The van der Waals surface area contributed by atoms with Gasteiger partial charge in [-0.1, -0.05) is 29.8 Å². The van der Waals surface area contributed by atoms with E-state index in [-0.39, 0.29) is 6.10 Å². The molecule has 1 fully saturated rings. The number of ether oxygens (including phenoxy) is 2. The Bertz CT molecular complexity index is 794. The van der Waals surface area contributed by atoms with E-state index in [0.717, 1.165) is 30.0 Å². The monoisotopic (exact) mass is 375 g/mol. The number of rotatable bonds is 4. The molecule has 0 saturated carbocycles. The SMILES string of the molecule is Clc1ccccc1Oc1cccc2c1NC(=NCC1CCCO1)NS2. The molecule has 130 valence electrons. The summed E-state index contributed by atoms with van der Waals surface area (Å²) in [6.45, 7) is 1.49. The molecule has 0 radical (unpaired) electrons. The third kappa shape index (κ3) is 3.86. The van der Waals surface area contributed by atoms with Crippen LogP contribution in [-0.4, -0.2) is 25.2 Å². The molecule has 0 aromatic heterocycles. The van der Waals surface area contributed by atoms with Crippen LogP contribution in [0, 0.1) is 0 Å². The molecule has 7 heteroatoms. The van der Waals surface area contributed by atoms with E-state index in [1.54, 1.807) is 0 Å². The van der Waals surface area contributed by atoms with E-state index in [1.165, 1.54) is 11.9 Å². The molecule has 0 bridgehead atoms. The number of hydrogen-bond donors (Lipinski definition) is 2. The van der Waals surface area contributed by atoms with Crippen LogP contribution < -0.4 is 14.8 Å². The van der Waals surface area contributed by atoms with Gasteiger partial charge in [-0.2, -0.15) is 0 Å². The molecule has 2 N–H and O–H groups in total. The van der Waals surface area contributed by atoms with Gasteiger partial charge in [-0.25, -0.2) is 4.99 Å². The Morgan fingerprint density at radius 1 is 1.20 bits per heavy atom. The number of nitrogens with zero attached hydrogens (tertiary/aromatic N) is 1. The second kappa shape index (κ2) is 7.56. The molecule has 5 nitrogen and oxygen atoms in total. The fourth-order valence-corrected chi connectivity index (χ4v) is 3.65. The highest BCUT2D eigenvalue weighted by Crippen LogP contribution is 2.40. The average Bonchev–Trinajstić information content (AvgIpc) is 3.16. The molecule has 25 heavy (non-hydrogen) atoms. The normalized spacial score (nSPS) is 20.7. The maximum atomic E-state index is 6.21. The quantitative estimate of drug-likeness (QED) is 0.759. The Balaban J connectivity index is 1.54. The summed E-state index contributed by atoms with van der Waals surface area (Å²) >= 11 is 7.72. The first kappa shape index (κ1) is 16.6. The number of benzene rings is 2. The lowest BCUT2D eigenvalue weighted by Gasteiger charge is -2.23. The van der Waals surface area contributed by atoms with Crippen molar-refractivity contribution in [1.29, 1.82) is 0 Å². The zero-order chi connectivity index (χ0) is 17.1. The average molecular weight is 376 g/mol. The van der Waals surface area contributed by atoms with Crippen molar-refractivity contribution in [2.24, 2.45) is 4.99 Å². The first-order chi connectivity index (χ1) is 12.3. The van der Waals surface area contributed by atoms with E-state index in [2.05, 4.69) is 15.0 Å². The molecule has 2 aromatic carbocycles. The standard InChI is InChI=1S/C18H18ClN3O2S/c19-13-6-1-2-7-14(13)24-15-8-3-9-16-17(15)21-18(22-25-16)20-11-12-5-4-10-23-12/h1-3,6-9,12H,4-5,10-11H2,(H2,20,21,22). The van der Waals surface area contributed by atoms with Crippen LogP contribution in [0.15, 0.2) is 52.4 Å². The van der Waals surface area contributed by atoms with Crippen molar-refractivity contribution >= 4 is 35.2 Å². The minimum atomic E-state index is 0.220. The summed E-state index contributed by atoms with van der Waals surface area (Å²) in [6, 6.07) is 13.3. The first-order valence-corrected chi connectivity index (χ1v) is 9.40. The summed E-state index contributed by atoms with van der Waals surface area (Å²) in [7, 11) is 0. The molecule has 0 spiro atoms. The van der Waals surface area contributed by atoms with E-state index in [9.17, 15) is 0 Å². The van der Waals surface area contributed by atoms with Crippen molar-refractivity contribution < 1.29 is 9.47 Å². The topological polar surface area (TPSA) is 54.9 Å². The van der Waals surface area contributed by atoms with Gasteiger partial charge in [-0.3, -0.25) is 4.72 Å². The number of halogens is 1. The Morgan fingerprint density at radius 3 is 2.92 bits per heavy atom. The fourth-order valence-electron chi connectivity index (χ4n) is 2.75. The Labute approximate surface area is 155 Å². The van der Waals surface area contributed by atoms with Crippen LogP contribution in [0.2, 0.25) is 5.02 Å². The van der Waals surface area contributed by atoms with Gasteiger partial charge in [0.15, 0.2) is 5.75 Å². The van der Waals surface area contributed by atoms with Gasteiger partial charge in [0.05, 0.1) is 28.3 Å². The lowest BCUT2D eigenvalue weighted by atomic mass is 10.2. The van der Waals surface area contributed by atoms with E-state index < -0.39 is 0 Å². The highest BCUT2D eigenvalue weighted by molar-refractivity contribution is 7.98. The third-order valence-corrected chi connectivity index (χ3v) is 5.19. The first-order valence-electron chi connectivity index (χ1n) is 8.21. The van der Waals surface area contributed by atoms with Crippen molar-refractivity contribution in [3.63, 3.8) is 0 Å². The maximum Gasteiger partial charge on any atom is 0.206 e. The van der Waals surface area contributed by atoms with Gasteiger partial charge < -0.3 is 14.8 Å². The molecular weight excluding hydrogens is 358 g/mol. The number of anilines is 1. The van der Waals surface area contributed by atoms with Crippen LogP contribution in [0.1, 0.15) is 12.8 Å². The summed E-state index contributed by atoms with van der Waals surface area (Å²) in [5.41, 5.74) is 0.886. The molecule has 4 rings (SSSR count). The maximum absolute atomic E-state index is 6.21. The molecule has 0 amide bonds.